The molecule has 0 saturated carbocycles. The fraction of sp³-hybridized carbons (Fsp3) is 0.438. The summed E-state index contributed by atoms with van der Waals surface area (Å²) in [4.78, 5) is 13.6. The topological polar surface area (TPSA) is 73.8 Å². The van der Waals surface area contributed by atoms with Gasteiger partial charge in [0, 0.05) is 43.5 Å². The molecule has 5 aliphatic rings. The van der Waals surface area contributed by atoms with E-state index in [1.165, 1.54) is 12.1 Å². The van der Waals surface area contributed by atoms with Crippen LogP contribution in [0.15, 0.2) is 42.5 Å². The number of aromatic hydroxyl groups is 1. The Morgan fingerprint density at radius 1 is 1.07 bits per heavy atom. The molecule has 10 heteroatoms. The van der Waals surface area contributed by atoms with Gasteiger partial charge in [0.05, 0.1) is 11.1 Å². The number of hydrogen-bond acceptors (Lipinski definition) is 7. The summed E-state index contributed by atoms with van der Waals surface area (Å²) < 4.78 is 53.3. The van der Waals surface area contributed by atoms with Crippen LogP contribution < -0.4 is 15.0 Å². The van der Waals surface area contributed by atoms with Crippen molar-refractivity contribution in [1.29, 1.82) is 0 Å². The molecule has 4 atom stereocenters. The van der Waals surface area contributed by atoms with Crippen LogP contribution >= 0.6 is 0 Å². The van der Waals surface area contributed by atoms with Crippen molar-refractivity contribution in [2.24, 2.45) is 0 Å². The van der Waals surface area contributed by atoms with Crippen molar-refractivity contribution in [2.75, 3.05) is 37.7 Å². The first-order valence-electron chi connectivity index (χ1n) is 14.8. The second-order valence-corrected chi connectivity index (χ2v) is 12.3. The first-order valence-corrected chi connectivity index (χ1v) is 14.8. The molecule has 218 valence electrons. The van der Waals surface area contributed by atoms with Crippen LogP contribution in [-0.2, 0) is 0 Å². The van der Waals surface area contributed by atoms with Crippen LogP contribution in [0.2, 0.25) is 0 Å². The van der Waals surface area contributed by atoms with Gasteiger partial charge in [-0.25, -0.2) is 13.2 Å². The molecule has 0 amide bonds. The van der Waals surface area contributed by atoms with Crippen LogP contribution in [-0.4, -0.2) is 76.6 Å². The fourth-order valence-corrected chi connectivity index (χ4v) is 7.81. The zero-order valence-corrected chi connectivity index (χ0v) is 23.1. The normalized spacial score (nSPS) is 27.3. The van der Waals surface area contributed by atoms with Crippen LogP contribution in [0.5, 0.6) is 11.8 Å². The minimum absolute atomic E-state index is 0.00710. The van der Waals surface area contributed by atoms with Crippen LogP contribution in [0.4, 0.5) is 19.0 Å². The molecule has 4 aromatic rings. The van der Waals surface area contributed by atoms with Crippen LogP contribution in [0.25, 0.3) is 32.8 Å². The number of benzene rings is 3. The van der Waals surface area contributed by atoms with E-state index in [1.54, 1.807) is 24.3 Å². The number of piperazine rings is 1. The minimum atomic E-state index is -0.904. The van der Waals surface area contributed by atoms with Crippen LogP contribution in [0.3, 0.4) is 0 Å². The lowest BCUT2D eigenvalue weighted by atomic mass is 9.92. The molecule has 3 aromatic carbocycles. The number of aromatic nitrogens is 2. The third-order valence-electron chi connectivity index (χ3n) is 9.81. The summed E-state index contributed by atoms with van der Waals surface area (Å²) in [5.41, 5.74) is -0.474. The quantitative estimate of drug-likeness (QED) is 0.333. The number of alkyl halides is 1. The molecule has 2 N–H and O–H groups in total. The highest BCUT2D eigenvalue weighted by Crippen LogP contribution is 2.43. The van der Waals surface area contributed by atoms with Crippen molar-refractivity contribution < 1.29 is 23.0 Å². The van der Waals surface area contributed by atoms with E-state index < -0.39 is 23.3 Å². The van der Waals surface area contributed by atoms with Gasteiger partial charge in [0.2, 0.25) is 0 Å². The van der Waals surface area contributed by atoms with Gasteiger partial charge in [-0.2, -0.15) is 9.97 Å². The largest absolute Gasteiger partial charge is 0.508 e. The van der Waals surface area contributed by atoms with Crippen molar-refractivity contribution in [2.45, 2.75) is 55.9 Å². The van der Waals surface area contributed by atoms with Gasteiger partial charge >= 0.3 is 6.01 Å². The van der Waals surface area contributed by atoms with E-state index in [1.807, 2.05) is 6.07 Å². The summed E-state index contributed by atoms with van der Waals surface area (Å²) >= 11 is 0. The minimum Gasteiger partial charge on any atom is -0.508 e. The number of piperidine rings is 2. The zero-order chi connectivity index (χ0) is 28.6. The highest BCUT2D eigenvalue weighted by Gasteiger charge is 2.49. The van der Waals surface area contributed by atoms with E-state index in [0.717, 1.165) is 38.8 Å². The molecule has 0 radical (unpaired) electrons. The second-order valence-electron chi connectivity index (χ2n) is 12.3. The predicted molar refractivity (Wildman–Crippen MR) is 155 cm³/mol. The fourth-order valence-electron chi connectivity index (χ4n) is 7.81. The maximum atomic E-state index is 16.6. The lowest BCUT2D eigenvalue weighted by molar-refractivity contribution is 0.107. The Bertz CT molecular complexity index is 1710. The van der Waals surface area contributed by atoms with E-state index in [4.69, 9.17) is 9.72 Å². The maximum absolute atomic E-state index is 16.6. The molecule has 6 heterocycles. The number of ether oxygens (including phenoxy) is 1. The Balaban J connectivity index is 1.28. The lowest BCUT2D eigenvalue weighted by Gasteiger charge is -2.46. The Kier molecular flexibility index (Phi) is 6.01. The van der Waals surface area contributed by atoms with Gasteiger partial charge in [-0.05, 0) is 66.8 Å². The number of hydrogen-bond donors (Lipinski definition) is 2. The summed E-state index contributed by atoms with van der Waals surface area (Å²) in [6.45, 7) is 2.86. The Labute approximate surface area is 241 Å². The van der Waals surface area contributed by atoms with Crippen molar-refractivity contribution in [3.63, 3.8) is 0 Å². The smallest absolute Gasteiger partial charge is 0.319 e. The van der Waals surface area contributed by atoms with Gasteiger partial charge in [-0.15, -0.1) is 0 Å². The third kappa shape index (κ3) is 4.10. The molecule has 9 rings (SSSR count). The number of nitrogens with one attached hydrogen (secondary N) is 1. The average molecular weight is 576 g/mol. The number of anilines is 1. The molecule has 5 saturated heterocycles. The standard InChI is InChI=1S/C32H32F3N5O2/c33-19-13-32(8-3-9-39(32)15-19)17-42-31-37-29-25(30(38-31)40-16-20-6-7-21(40)14-36-20)12-26(34)27(28(29)35)24-11-22(41)10-18-4-1-2-5-23(18)24/h1-2,4-5,10-12,19-21,36,41H,3,6-9,13-17H2/t19-,20+,21?,32+/m1/s1. The molecule has 1 unspecified atom stereocenters. The van der Waals surface area contributed by atoms with Crippen molar-refractivity contribution in [3.05, 3.63) is 54.1 Å². The summed E-state index contributed by atoms with van der Waals surface area (Å²) in [7, 11) is 0. The van der Waals surface area contributed by atoms with Crippen molar-refractivity contribution >= 4 is 27.5 Å². The first-order chi connectivity index (χ1) is 20.4. The number of phenolic OH excluding ortho intramolecular Hbond substituents is 1. The third-order valence-corrected chi connectivity index (χ3v) is 9.81. The molecule has 5 aliphatic heterocycles. The highest BCUT2D eigenvalue weighted by molar-refractivity contribution is 6.01. The summed E-state index contributed by atoms with van der Waals surface area (Å²) in [6, 6.07) is 11.8. The van der Waals surface area contributed by atoms with Gasteiger partial charge in [0.15, 0.2) is 5.82 Å². The molecule has 0 spiro atoms. The molecule has 2 bridgehead atoms. The molecule has 5 fully saturated rings. The van der Waals surface area contributed by atoms with E-state index in [9.17, 15) is 9.50 Å². The molecular formula is C32H32F3N5O2. The maximum Gasteiger partial charge on any atom is 0.319 e. The SMILES string of the molecule is Oc1cc(-c2c(F)cc3c(N4C[C@@H]5CCC4CN5)nc(OC[C@@]45CCCN4C[C@H](F)C5)nc3c2F)c2ccccc2c1. The van der Waals surface area contributed by atoms with E-state index in [0.29, 0.717) is 36.1 Å². The zero-order valence-electron chi connectivity index (χ0n) is 23.1. The molecule has 1 aromatic heterocycles. The van der Waals surface area contributed by atoms with Crippen molar-refractivity contribution in [1.82, 2.24) is 20.2 Å². The van der Waals surface area contributed by atoms with Gasteiger partial charge in [0.1, 0.15) is 35.7 Å². The van der Waals surface area contributed by atoms with Gasteiger partial charge < -0.3 is 20.1 Å². The lowest BCUT2D eigenvalue weighted by Crippen LogP contribution is -2.61. The number of halogens is 3. The van der Waals surface area contributed by atoms with Crippen molar-refractivity contribution in [3.8, 4) is 22.9 Å². The average Bonchev–Trinajstić information content (AvgIpc) is 3.52. The van der Waals surface area contributed by atoms with Crippen LogP contribution in [0.1, 0.15) is 32.1 Å². The van der Waals surface area contributed by atoms with Gasteiger partial charge in [0.25, 0.3) is 0 Å². The van der Waals surface area contributed by atoms with E-state index in [2.05, 4.69) is 20.1 Å². The molecular weight excluding hydrogens is 543 g/mol. The summed E-state index contributed by atoms with van der Waals surface area (Å²) in [6.07, 6.45) is 3.27. The Hall–Kier alpha value is -3.63. The second kappa shape index (κ2) is 9.70. The molecule has 0 aliphatic carbocycles. The Morgan fingerprint density at radius 3 is 2.76 bits per heavy atom. The summed E-state index contributed by atoms with van der Waals surface area (Å²) in [5, 5.41) is 15.5. The number of nitrogens with zero attached hydrogens (tertiary/aromatic N) is 4. The Morgan fingerprint density at radius 2 is 1.95 bits per heavy atom. The van der Waals surface area contributed by atoms with E-state index >= 15 is 8.78 Å². The van der Waals surface area contributed by atoms with E-state index in [-0.39, 0.29) is 52.5 Å². The van der Waals surface area contributed by atoms with Crippen LogP contribution in [0, 0.1) is 11.6 Å². The number of phenols is 1. The highest BCUT2D eigenvalue weighted by atomic mass is 19.1. The number of rotatable bonds is 5. The first kappa shape index (κ1) is 26.0. The monoisotopic (exact) mass is 575 g/mol. The predicted octanol–water partition coefficient (Wildman–Crippen LogP) is 5.33. The van der Waals surface area contributed by atoms with Gasteiger partial charge in [-0.1, -0.05) is 24.3 Å². The summed E-state index contributed by atoms with van der Waals surface area (Å²) in [5.74, 6) is -1.23. The number of fused-ring (bicyclic) bond motifs is 6. The molecule has 7 nitrogen and oxygen atoms in total. The van der Waals surface area contributed by atoms with Gasteiger partial charge in [-0.3, -0.25) is 4.90 Å². The molecule has 42 heavy (non-hydrogen) atoms.